The maximum absolute atomic E-state index is 13.0. The standard InChI is InChI=1S/C34H60O9/c1-21(19-23(3)28(36)10-8-9-26(35)14-17-30(38)31-11-6-7-18-42-31)12-16-29(37)24(4)33(41)25(5)34-22(2)13-15-27(43-34)20-32(39)40/h8,10,21-28,30-31,33-36,38,41H,6-7,9,11-20H2,1-5H3,(H,39,40)/b10-8-/t21?,22-,23?,24?,25-,26?,27?,28?,30?,31?,33+,34?/m0/s1. The first-order valence-corrected chi connectivity index (χ1v) is 16.7. The summed E-state index contributed by atoms with van der Waals surface area (Å²) >= 11 is 0. The summed E-state index contributed by atoms with van der Waals surface area (Å²) in [6.45, 7) is 10.4. The quantitative estimate of drug-likeness (QED) is 0.131. The molecule has 250 valence electrons. The number of carbonyl (C=O) groups excluding carboxylic acids is 1. The van der Waals surface area contributed by atoms with Crippen LogP contribution in [0.3, 0.4) is 0 Å². The van der Waals surface area contributed by atoms with Gasteiger partial charge in [0.05, 0.1) is 49.1 Å². The number of hydrogen-bond donors (Lipinski definition) is 5. The molecule has 2 saturated heterocycles. The highest BCUT2D eigenvalue weighted by atomic mass is 16.5. The minimum atomic E-state index is -0.895. The molecule has 5 N–H and O–H groups in total. The number of rotatable bonds is 19. The summed E-state index contributed by atoms with van der Waals surface area (Å²) in [7, 11) is 0. The van der Waals surface area contributed by atoms with Gasteiger partial charge in [0.25, 0.3) is 0 Å². The number of ether oxygens (including phenoxy) is 2. The SMILES string of the molecule is CC(CCC(=O)C(C)[C@@H](O)[C@H](C)C1OC(CC(=O)O)CC[C@@H]1C)CC(C)C(O)/C=C\CC(O)CCC(O)C1CCCCO1. The molecule has 9 nitrogen and oxygen atoms in total. The van der Waals surface area contributed by atoms with Crippen LogP contribution in [0.4, 0.5) is 0 Å². The lowest BCUT2D eigenvalue weighted by atomic mass is 9.78. The molecule has 0 aliphatic carbocycles. The fraction of sp³-hybridized carbons (Fsp3) is 0.882. The first-order chi connectivity index (χ1) is 20.3. The third kappa shape index (κ3) is 13.3. The number of aliphatic carboxylic acids is 1. The summed E-state index contributed by atoms with van der Waals surface area (Å²) in [5.74, 6) is -1.37. The number of hydrogen-bond acceptors (Lipinski definition) is 8. The zero-order valence-electron chi connectivity index (χ0n) is 27.1. The molecule has 0 spiro atoms. The normalized spacial score (nSPS) is 28.9. The monoisotopic (exact) mass is 612 g/mol. The topological polar surface area (TPSA) is 154 Å². The van der Waals surface area contributed by atoms with Crippen molar-refractivity contribution in [1.82, 2.24) is 0 Å². The second-order valence-corrected chi connectivity index (χ2v) is 13.7. The Labute approximate surface area is 259 Å². The van der Waals surface area contributed by atoms with Crippen molar-refractivity contribution >= 4 is 11.8 Å². The van der Waals surface area contributed by atoms with Gasteiger partial charge in [0.2, 0.25) is 0 Å². The van der Waals surface area contributed by atoms with Crippen molar-refractivity contribution in [2.45, 2.75) is 154 Å². The number of ketones is 1. The minimum absolute atomic E-state index is 0.000925. The minimum Gasteiger partial charge on any atom is -0.481 e. The third-order valence-corrected chi connectivity index (χ3v) is 9.76. The Morgan fingerprint density at radius 3 is 2.33 bits per heavy atom. The van der Waals surface area contributed by atoms with Gasteiger partial charge >= 0.3 is 5.97 Å². The van der Waals surface area contributed by atoms with Gasteiger partial charge in [-0.25, -0.2) is 0 Å². The van der Waals surface area contributed by atoms with Gasteiger partial charge in [-0.15, -0.1) is 0 Å². The van der Waals surface area contributed by atoms with Crippen LogP contribution in [-0.4, -0.2) is 86.6 Å². The highest BCUT2D eigenvalue weighted by molar-refractivity contribution is 5.81. The Bertz CT molecular complexity index is 842. The molecule has 43 heavy (non-hydrogen) atoms. The van der Waals surface area contributed by atoms with E-state index in [1.54, 1.807) is 19.1 Å². The van der Waals surface area contributed by atoms with Crippen LogP contribution in [-0.2, 0) is 19.1 Å². The van der Waals surface area contributed by atoms with Crippen molar-refractivity contribution in [3.05, 3.63) is 12.2 Å². The number of carboxylic acids is 1. The molecule has 0 radical (unpaired) electrons. The lowest BCUT2D eigenvalue weighted by molar-refractivity contribution is -0.155. The van der Waals surface area contributed by atoms with E-state index in [1.165, 1.54) is 0 Å². The van der Waals surface area contributed by atoms with E-state index >= 15 is 0 Å². The van der Waals surface area contributed by atoms with Crippen molar-refractivity contribution in [2.24, 2.45) is 29.6 Å². The van der Waals surface area contributed by atoms with Gasteiger partial charge in [0, 0.05) is 24.9 Å². The van der Waals surface area contributed by atoms with E-state index in [0.29, 0.717) is 45.1 Å². The molecule has 2 heterocycles. The smallest absolute Gasteiger partial charge is 0.305 e. The number of carboxylic acid groups (broad SMARTS) is 1. The molecule has 2 rings (SSSR count). The van der Waals surface area contributed by atoms with Gasteiger partial charge in [-0.2, -0.15) is 0 Å². The van der Waals surface area contributed by atoms with Crippen LogP contribution in [0.5, 0.6) is 0 Å². The van der Waals surface area contributed by atoms with Crippen molar-refractivity contribution in [1.29, 1.82) is 0 Å². The van der Waals surface area contributed by atoms with Crippen LogP contribution >= 0.6 is 0 Å². The number of Topliss-reactive ketones (excluding diaryl/α,β-unsaturated/α-hetero) is 1. The zero-order valence-corrected chi connectivity index (χ0v) is 27.1. The lowest BCUT2D eigenvalue weighted by Gasteiger charge is -2.40. The van der Waals surface area contributed by atoms with Gasteiger partial charge in [0.1, 0.15) is 5.78 Å². The van der Waals surface area contributed by atoms with Crippen LogP contribution < -0.4 is 0 Å². The third-order valence-electron chi connectivity index (χ3n) is 9.76. The average molecular weight is 613 g/mol. The Morgan fingerprint density at radius 2 is 1.67 bits per heavy atom. The predicted molar refractivity (Wildman–Crippen MR) is 165 cm³/mol. The summed E-state index contributed by atoms with van der Waals surface area (Å²) in [5, 5.41) is 51.4. The molecule has 0 aromatic rings. The molecule has 9 unspecified atom stereocenters. The Hall–Kier alpha value is -1.36. The molecule has 2 fully saturated rings. The van der Waals surface area contributed by atoms with Crippen molar-refractivity contribution in [3.63, 3.8) is 0 Å². The second kappa shape index (κ2) is 19.2. The average Bonchev–Trinajstić information content (AvgIpc) is 2.98. The molecule has 0 aromatic heterocycles. The van der Waals surface area contributed by atoms with Crippen molar-refractivity contribution < 1.29 is 44.6 Å². The highest BCUT2D eigenvalue weighted by Crippen LogP contribution is 2.34. The molecule has 0 saturated carbocycles. The summed E-state index contributed by atoms with van der Waals surface area (Å²) in [4.78, 5) is 24.1. The largest absolute Gasteiger partial charge is 0.481 e. The highest BCUT2D eigenvalue weighted by Gasteiger charge is 2.38. The predicted octanol–water partition coefficient (Wildman–Crippen LogP) is 4.67. The van der Waals surface area contributed by atoms with Gasteiger partial charge in [-0.05, 0) is 82.0 Å². The first kappa shape index (κ1) is 37.8. The van der Waals surface area contributed by atoms with Gasteiger partial charge in [-0.1, -0.05) is 46.8 Å². The van der Waals surface area contributed by atoms with E-state index in [0.717, 1.165) is 32.1 Å². The summed E-state index contributed by atoms with van der Waals surface area (Å²) < 4.78 is 11.7. The first-order valence-electron chi connectivity index (χ1n) is 16.7. The van der Waals surface area contributed by atoms with Crippen molar-refractivity contribution in [2.75, 3.05) is 6.61 Å². The van der Waals surface area contributed by atoms with Crippen molar-refractivity contribution in [3.8, 4) is 0 Å². The van der Waals surface area contributed by atoms with Gasteiger partial charge in [0.15, 0.2) is 0 Å². The van der Waals surface area contributed by atoms with Crippen LogP contribution in [0.1, 0.15) is 112 Å². The Morgan fingerprint density at radius 1 is 0.953 bits per heavy atom. The van der Waals surface area contributed by atoms with E-state index in [-0.39, 0.29) is 54.2 Å². The summed E-state index contributed by atoms with van der Waals surface area (Å²) in [6, 6.07) is 0. The van der Waals surface area contributed by atoms with E-state index in [1.807, 2.05) is 20.8 Å². The Kier molecular flexibility index (Phi) is 16.9. The molecule has 2 aliphatic rings. The molecule has 9 heteroatoms. The van der Waals surface area contributed by atoms with Gasteiger partial charge < -0.3 is 35.0 Å². The summed E-state index contributed by atoms with van der Waals surface area (Å²) in [6.07, 6.45) is 7.63. The van der Waals surface area contributed by atoms with Crippen LogP contribution in [0.15, 0.2) is 12.2 Å². The molecule has 0 bridgehead atoms. The zero-order chi connectivity index (χ0) is 32.1. The molecule has 0 amide bonds. The number of carbonyl (C=O) groups is 2. The molecule has 0 aromatic carbocycles. The van der Waals surface area contributed by atoms with E-state index < -0.39 is 36.3 Å². The molecular weight excluding hydrogens is 552 g/mol. The maximum Gasteiger partial charge on any atom is 0.305 e. The molecular formula is C34H60O9. The molecule has 12 atom stereocenters. The number of aliphatic hydroxyl groups excluding tert-OH is 4. The fourth-order valence-electron chi connectivity index (χ4n) is 6.67. The fourth-order valence-corrected chi connectivity index (χ4v) is 6.67. The number of aliphatic hydroxyl groups is 4. The Balaban J connectivity index is 1.70. The van der Waals surface area contributed by atoms with E-state index in [4.69, 9.17) is 14.6 Å². The second-order valence-electron chi connectivity index (χ2n) is 13.7. The maximum atomic E-state index is 13.0. The van der Waals surface area contributed by atoms with Crippen LogP contribution in [0.2, 0.25) is 0 Å². The summed E-state index contributed by atoms with van der Waals surface area (Å²) in [5.41, 5.74) is 0. The van der Waals surface area contributed by atoms with E-state index in [9.17, 15) is 30.0 Å². The van der Waals surface area contributed by atoms with Crippen LogP contribution in [0, 0.1) is 29.6 Å². The lowest BCUT2D eigenvalue weighted by Crippen LogP contribution is -2.45. The van der Waals surface area contributed by atoms with Gasteiger partial charge in [-0.3, -0.25) is 9.59 Å². The molecule has 2 aliphatic heterocycles. The van der Waals surface area contributed by atoms with Crippen LogP contribution in [0.25, 0.3) is 0 Å². The van der Waals surface area contributed by atoms with E-state index in [2.05, 4.69) is 6.92 Å².